The number of likely N-dealkylation sites (N-methyl/N-ethyl adjacent to an activating group) is 2. The maximum absolute atomic E-state index is 5.52. The van der Waals surface area contributed by atoms with E-state index in [2.05, 4.69) is 21.7 Å². The van der Waals surface area contributed by atoms with Crippen molar-refractivity contribution < 1.29 is 4.42 Å². The number of anilines is 1. The molecule has 2 rings (SSSR count). The van der Waals surface area contributed by atoms with Crippen molar-refractivity contribution >= 4 is 6.01 Å². The van der Waals surface area contributed by atoms with Gasteiger partial charge in [-0.1, -0.05) is 6.92 Å². The van der Waals surface area contributed by atoms with Crippen LogP contribution in [-0.4, -0.2) is 42.6 Å². The monoisotopic (exact) mass is 238 g/mol. The normalized spacial score (nSPS) is 21.0. The van der Waals surface area contributed by atoms with Gasteiger partial charge in [-0.2, -0.15) is 4.98 Å². The van der Waals surface area contributed by atoms with Crippen molar-refractivity contribution in [1.82, 2.24) is 9.88 Å². The Bertz CT molecular complexity index is 352. The Balaban J connectivity index is 1.94. The summed E-state index contributed by atoms with van der Waals surface area (Å²) in [4.78, 5) is 8.94. The Labute approximate surface area is 103 Å². The van der Waals surface area contributed by atoms with Crippen molar-refractivity contribution in [2.24, 2.45) is 5.73 Å². The Kier molecular flexibility index (Phi) is 4.02. The van der Waals surface area contributed by atoms with Gasteiger partial charge in [0, 0.05) is 26.2 Å². The molecule has 1 aliphatic rings. The maximum atomic E-state index is 5.52. The first kappa shape index (κ1) is 12.4. The molecule has 0 aliphatic carbocycles. The zero-order valence-electron chi connectivity index (χ0n) is 10.7. The number of hydrogen-bond donors (Lipinski definition) is 1. The molecule has 0 amide bonds. The molecule has 17 heavy (non-hydrogen) atoms. The highest BCUT2D eigenvalue weighted by molar-refractivity contribution is 5.25. The van der Waals surface area contributed by atoms with Crippen LogP contribution in [0.4, 0.5) is 6.01 Å². The molecule has 1 aliphatic heterocycles. The lowest BCUT2D eigenvalue weighted by molar-refractivity contribution is 0.268. The standard InChI is InChI=1S/C12H22N4O/c1-3-16-6-4-5-11(16)8-15(2)12-14-10(7-13)9-17-12/h9,11H,3-8,13H2,1-2H3. The molecule has 0 saturated carbocycles. The topological polar surface area (TPSA) is 58.5 Å². The van der Waals surface area contributed by atoms with Gasteiger partial charge in [0.15, 0.2) is 0 Å². The largest absolute Gasteiger partial charge is 0.432 e. The van der Waals surface area contributed by atoms with Gasteiger partial charge in [0.25, 0.3) is 6.01 Å². The van der Waals surface area contributed by atoms with Gasteiger partial charge in [-0.15, -0.1) is 0 Å². The number of nitrogens with zero attached hydrogens (tertiary/aromatic N) is 3. The van der Waals surface area contributed by atoms with Crippen LogP contribution < -0.4 is 10.6 Å². The molecular weight excluding hydrogens is 216 g/mol. The summed E-state index contributed by atoms with van der Waals surface area (Å²) in [6.45, 7) is 5.96. The number of aromatic nitrogens is 1. The number of rotatable bonds is 5. The fourth-order valence-corrected chi connectivity index (χ4v) is 2.48. The minimum Gasteiger partial charge on any atom is -0.432 e. The molecular formula is C12H22N4O. The van der Waals surface area contributed by atoms with Crippen molar-refractivity contribution in [2.75, 3.05) is 31.6 Å². The SMILES string of the molecule is CCN1CCCC1CN(C)c1nc(CN)co1. The summed E-state index contributed by atoms with van der Waals surface area (Å²) in [6, 6.07) is 1.30. The number of hydrogen-bond acceptors (Lipinski definition) is 5. The first-order chi connectivity index (χ1) is 8.24. The van der Waals surface area contributed by atoms with Crippen molar-refractivity contribution in [1.29, 1.82) is 0 Å². The van der Waals surface area contributed by atoms with Crippen LogP contribution in [0.2, 0.25) is 0 Å². The number of nitrogens with two attached hydrogens (primary N) is 1. The molecule has 0 spiro atoms. The lowest BCUT2D eigenvalue weighted by atomic mass is 10.2. The zero-order valence-corrected chi connectivity index (χ0v) is 10.7. The van der Waals surface area contributed by atoms with E-state index in [4.69, 9.17) is 10.2 Å². The molecule has 1 unspecified atom stereocenters. The maximum Gasteiger partial charge on any atom is 0.297 e. The van der Waals surface area contributed by atoms with Crippen molar-refractivity contribution in [3.8, 4) is 0 Å². The van der Waals surface area contributed by atoms with E-state index in [1.54, 1.807) is 6.26 Å². The average Bonchev–Trinajstić information content (AvgIpc) is 2.96. The molecule has 5 nitrogen and oxygen atoms in total. The number of oxazole rings is 1. The lowest BCUT2D eigenvalue weighted by Gasteiger charge is -2.26. The smallest absolute Gasteiger partial charge is 0.297 e. The van der Waals surface area contributed by atoms with Gasteiger partial charge in [-0.25, -0.2) is 0 Å². The molecule has 5 heteroatoms. The second-order valence-electron chi connectivity index (χ2n) is 4.63. The first-order valence-electron chi connectivity index (χ1n) is 6.34. The molecule has 1 atom stereocenters. The molecule has 2 N–H and O–H groups in total. The Morgan fingerprint density at radius 2 is 2.47 bits per heavy atom. The van der Waals surface area contributed by atoms with Gasteiger partial charge in [0.05, 0.1) is 5.69 Å². The van der Waals surface area contributed by atoms with Gasteiger partial charge < -0.3 is 15.1 Å². The van der Waals surface area contributed by atoms with Crippen LogP contribution in [-0.2, 0) is 6.54 Å². The van der Waals surface area contributed by atoms with Gasteiger partial charge in [-0.05, 0) is 25.9 Å². The summed E-state index contributed by atoms with van der Waals surface area (Å²) in [5.41, 5.74) is 6.33. The average molecular weight is 238 g/mol. The number of likely N-dealkylation sites (tertiary alicyclic amines) is 1. The highest BCUT2D eigenvalue weighted by Crippen LogP contribution is 2.20. The second kappa shape index (κ2) is 5.51. The van der Waals surface area contributed by atoms with E-state index < -0.39 is 0 Å². The zero-order chi connectivity index (χ0) is 12.3. The third-order valence-corrected chi connectivity index (χ3v) is 3.47. The minimum atomic E-state index is 0.432. The molecule has 1 aromatic rings. The molecule has 96 valence electrons. The predicted octanol–water partition coefficient (Wildman–Crippen LogP) is 1.05. The summed E-state index contributed by atoms with van der Waals surface area (Å²) < 4.78 is 5.41. The second-order valence-corrected chi connectivity index (χ2v) is 4.63. The van der Waals surface area contributed by atoms with Crippen LogP contribution >= 0.6 is 0 Å². The van der Waals surface area contributed by atoms with Crippen molar-refractivity contribution in [3.05, 3.63) is 12.0 Å². The molecule has 0 aromatic carbocycles. The minimum absolute atomic E-state index is 0.432. The van der Waals surface area contributed by atoms with Gasteiger partial charge in [0.2, 0.25) is 0 Å². The summed E-state index contributed by atoms with van der Waals surface area (Å²) in [5, 5.41) is 0. The molecule has 1 aromatic heterocycles. The van der Waals surface area contributed by atoms with E-state index in [1.807, 2.05) is 7.05 Å². The van der Waals surface area contributed by atoms with E-state index in [9.17, 15) is 0 Å². The van der Waals surface area contributed by atoms with E-state index in [-0.39, 0.29) is 0 Å². The van der Waals surface area contributed by atoms with Gasteiger partial charge in [0.1, 0.15) is 6.26 Å². The molecule has 1 saturated heterocycles. The van der Waals surface area contributed by atoms with E-state index >= 15 is 0 Å². The Morgan fingerprint density at radius 3 is 3.12 bits per heavy atom. The van der Waals surface area contributed by atoms with Crippen LogP contribution in [0.25, 0.3) is 0 Å². The van der Waals surface area contributed by atoms with Crippen molar-refractivity contribution in [2.45, 2.75) is 32.4 Å². The Hall–Kier alpha value is -1.07. The van der Waals surface area contributed by atoms with Crippen molar-refractivity contribution in [3.63, 3.8) is 0 Å². The third kappa shape index (κ3) is 2.79. The highest BCUT2D eigenvalue weighted by Gasteiger charge is 2.25. The van der Waals surface area contributed by atoms with Gasteiger partial charge in [-0.3, -0.25) is 4.90 Å². The van der Waals surface area contributed by atoms with E-state index in [0.717, 1.165) is 18.8 Å². The molecule has 0 bridgehead atoms. The Morgan fingerprint density at radius 1 is 1.65 bits per heavy atom. The highest BCUT2D eigenvalue weighted by atomic mass is 16.4. The van der Waals surface area contributed by atoms with Crippen LogP contribution in [0.1, 0.15) is 25.5 Å². The molecule has 2 heterocycles. The van der Waals surface area contributed by atoms with Crippen LogP contribution in [0.15, 0.2) is 10.7 Å². The molecule has 1 fully saturated rings. The predicted molar refractivity (Wildman–Crippen MR) is 67.9 cm³/mol. The summed E-state index contributed by atoms with van der Waals surface area (Å²) >= 11 is 0. The quantitative estimate of drug-likeness (QED) is 0.831. The molecule has 0 radical (unpaired) electrons. The van der Waals surface area contributed by atoms with Crippen LogP contribution in [0.3, 0.4) is 0 Å². The third-order valence-electron chi connectivity index (χ3n) is 3.47. The summed E-state index contributed by atoms with van der Waals surface area (Å²) in [5.74, 6) is 0. The fourth-order valence-electron chi connectivity index (χ4n) is 2.48. The van der Waals surface area contributed by atoms with Gasteiger partial charge >= 0.3 is 0 Å². The summed E-state index contributed by atoms with van der Waals surface area (Å²) in [6.07, 6.45) is 4.20. The van der Waals surface area contributed by atoms with Crippen LogP contribution in [0.5, 0.6) is 0 Å². The lowest BCUT2D eigenvalue weighted by Crippen LogP contribution is -2.38. The fraction of sp³-hybridized carbons (Fsp3) is 0.750. The summed E-state index contributed by atoms with van der Waals surface area (Å²) in [7, 11) is 2.03. The van der Waals surface area contributed by atoms with Crippen LogP contribution in [0, 0.1) is 0 Å². The first-order valence-corrected chi connectivity index (χ1v) is 6.34. The van der Waals surface area contributed by atoms with E-state index in [0.29, 0.717) is 18.6 Å². The van der Waals surface area contributed by atoms with E-state index in [1.165, 1.54) is 19.4 Å².